The molecular formula is C27H32N4OS. The number of hydrogen-bond donors (Lipinski definition) is 1. The molecule has 0 atom stereocenters. The first-order chi connectivity index (χ1) is 16.0. The molecule has 0 bridgehead atoms. The van der Waals surface area contributed by atoms with Crippen LogP contribution < -0.4 is 5.32 Å². The van der Waals surface area contributed by atoms with Crippen molar-refractivity contribution in [3.05, 3.63) is 76.2 Å². The molecule has 0 unspecified atom stereocenters. The van der Waals surface area contributed by atoms with Crippen molar-refractivity contribution in [1.82, 2.24) is 14.8 Å². The number of carbonyl (C=O) groups excluding carboxylic acids is 1. The molecule has 2 aromatic carbocycles. The summed E-state index contributed by atoms with van der Waals surface area (Å²) >= 11 is 1.49. The quantitative estimate of drug-likeness (QED) is 0.539. The third kappa shape index (κ3) is 6.38. The zero-order valence-electron chi connectivity index (χ0n) is 19.7. The van der Waals surface area contributed by atoms with Gasteiger partial charge in [0.05, 0.1) is 12.2 Å². The van der Waals surface area contributed by atoms with Crippen molar-refractivity contribution < 1.29 is 4.79 Å². The van der Waals surface area contributed by atoms with Gasteiger partial charge in [0.1, 0.15) is 0 Å². The van der Waals surface area contributed by atoms with Crippen LogP contribution in [0, 0.1) is 20.8 Å². The van der Waals surface area contributed by atoms with Crippen LogP contribution in [0.2, 0.25) is 0 Å². The lowest BCUT2D eigenvalue weighted by atomic mass is 9.98. The molecule has 0 spiro atoms. The van der Waals surface area contributed by atoms with Gasteiger partial charge in [0, 0.05) is 43.7 Å². The summed E-state index contributed by atoms with van der Waals surface area (Å²) in [5, 5.41) is 5.69. The lowest BCUT2D eigenvalue weighted by molar-refractivity contribution is -0.117. The Labute approximate surface area is 200 Å². The van der Waals surface area contributed by atoms with Gasteiger partial charge < -0.3 is 5.32 Å². The van der Waals surface area contributed by atoms with Gasteiger partial charge in [-0.1, -0.05) is 60.2 Å². The molecule has 4 rings (SSSR count). The predicted octanol–water partition coefficient (Wildman–Crippen LogP) is 5.00. The summed E-state index contributed by atoms with van der Waals surface area (Å²) in [5.74, 6) is 0.00525. The molecule has 3 aromatic rings. The Balaban J connectivity index is 1.24. The first-order valence-electron chi connectivity index (χ1n) is 11.5. The number of nitrogens with zero attached hydrogens (tertiary/aromatic N) is 3. The van der Waals surface area contributed by atoms with Crippen LogP contribution in [0.3, 0.4) is 0 Å². The largest absolute Gasteiger partial charge is 0.301 e. The second-order valence-corrected chi connectivity index (χ2v) is 9.61. The summed E-state index contributed by atoms with van der Waals surface area (Å²) in [6.07, 6.45) is 4.39. The van der Waals surface area contributed by atoms with Gasteiger partial charge in [-0.2, -0.15) is 0 Å². The van der Waals surface area contributed by atoms with Crippen LogP contribution in [0.1, 0.15) is 22.3 Å². The highest BCUT2D eigenvalue weighted by Gasteiger charge is 2.19. The third-order valence-corrected chi connectivity index (χ3v) is 6.75. The Kier molecular flexibility index (Phi) is 7.70. The smallest absolute Gasteiger partial charge is 0.240 e. The van der Waals surface area contributed by atoms with E-state index in [1.165, 1.54) is 33.6 Å². The maximum atomic E-state index is 12.6. The Morgan fingerprint density at radius 1 is 1.03 bits per heavy atom. The van der Waals surface area contributed by atoms with Crippen molar-refractivity contribution in [2.45, 2.75) is 20.8 Å². The maximum absolute atomic E-state index is 12.6. The van der Waals surface area contributed by atoms with Crippen molar-refractivity contribution in [3.63, 3.8) is 0 Å². The number of nitrogens with one attached hydrogen (secondary N) is 1. The van der Waals surface area contributed by atoms with Crippen molar-refractivity contribution in [3.8, 4) is 11.3 Å². The Bertz CT molecular complexity index is 1090. The number of aryl methyl sites for hydroxylation is 3. The van der Waals surface area contributed by atoms with E-state index in [1.54, 1.807) is 0 Å². The fourth-order valence-electron chi connectivity index (χ4n) is 4.42. The molecule has 5 nitrogen and oxygen atoms in total. The number of rotatable bonds is 7. The van der Waals surface area contributed by atoms with E-state index < -0.39 is 0 Å². The van der Waals surface area contributed by atoms with Crippen LogP contribution in [-0.4, -0.2) is 60.0 Å². The number of benzene rings is 2. The van der Waals surface area contributed by atoms with Crippen LogP contribution in [0.15, 0.2) is 53.9 Å². The van der Waals surface area contributed by atoms with E-state index in [-0.39, 0.29) is 5.91 Å². The Morgan fingerprint density at radius 3 is 2.39 bits per heavy atom. The van der Waals surface area contributed by atoms with Crippen LogP contribution in [-0.2, 0) is 4.79 Å². The minimum atomic E-state index is 0.00525. The van der Waals surface area contributed by atoms with Gasteiger partial charge >= 0.3 is 0 Å². The first-order valence-corrected chi connectivity index (χ1v) is 12.4. The van der Waals surface area contributed by atoms with Crippen molar-refractivity contribution >= 4 is 28.5 Å². The number of aromatic nitrogens is 1. The molecule has 1 aliphatic heterocycles. The molecule has 0 saturated carbocycles. The van der Waals surface area contributed by atoms with Crippen molar-refractivity contribution in [2.24, 2.45) is 0 Å². The number of carbonyl (C=O) groups is 1. The molecule has 33 heavy (non-hydrogen) atoms. The fourth-order valence-corrected chi connectivity index (χ4v) is 5.14. The van der Waals surface area contributed by atoms with Gasteiger partial charge in [-0.15, -0.1) is 11.3 Å². The second kappa shape index (κ2) is 10.9. The molecule has 0 aliphatic carbocycles. The molecule has 6 heteroatoms. The molecule has 2 heterocycles. The number of hydrogen-bond acceptors (Lipinski definition) is 5. The van der Waals surface area contributed by atoms with Gasteiger partial charge in [0.2, 0.25) is 5.91 Å². The lowest BCUT2D eigenvalue weighted by Gasteiger charge is -2.33. The van der Waals surface area contributed by atoms with Crippen LogP contribution in [0.5, 0.6) is 0 Å². The van der Waals surface area contributed by atoms with E-state index in [0.29, 0.717) is 11.7 Å². The average Bonchev–Trinajstić information content (AvgIpc) is 3.22. The summed E-state index contributed by atoms with van der Waals surface area (Å²) < 4.78 is 0. The SMILES string of the molecule is Cc1cc(C)c(-c2csc(NC(=O)CN3CCN(C/C=C/c4ccccc4)CC3)n2)c(C)c1. The van der Waals surface area contributed by atoms with E-state index in [2.05, 4.69) is 89.4 Å². The summed E-state index contributed by atoms with van der Waals surface area (Å²) in [5.41, 5.74) is 7.01. The maximum Gasteiger partial charge on any atom is 0.240 e. The summed E-state index contributed by atoms with van der Waals surface area (Å²) in [7, 11) is 0. The standard InChI is InChI=1S/C27H32N4OS/c1-20-16-21(2)26(22(3)17-20)24-19-33-27(28-24)29-25(32)18-31-14-12-30(13-15-31)11-7-10-23-8-5-4-6-9-23/h4-10,16-17,19H,11-15,18H2,1-3H3,(H,28,29,32)/b10-7+. The van der Waals surface area contributed by atoms with E-state index in [9.17, 15) is 4.79 Å². The molecular weight excluding hydrogens is 428 g/mol. The number of amides is 1. The van der Waals surface area contributed by atoms with Crippen LogP contribution >= 0.6 is 11.3 Å². The number of thiazole rings is 1. The first kappa shape index (κ1) is 23.4. The van der Waals surface area contributed by atoms with Crippen molar-refractivity contribution in [1.29, 1.82) is 0 Å². The molecule has 1 aliphatic rings. The molecule has 1 amide bonds. The number of anilines is 1. The molecule has 0 radical (unpaired) electrons. The number of piperazine rings is 1. The van der Waals surface area contributed by atoms with Crippen molar-refractivity contribution in [2.75, 3.05) is 44.6 Å². The third-order valence-electron chi connectivity index (χ3n) is 5.99. The predicted molar refractivity (Wildman–Crippen MR) is 139 cm³/mol. The normalized spacial score (nSPS) is 15.2. The topological polar surface area (TPSA) is 48.5 Å². The van der Waals surface area contributed by atoms with Crippen LogP contribution in [0.4, 0.5) is 5.13 Å². The second-order valence-electron chi connectivity index (χ2n) is 8.75. The monoisotopic (exact) mass is 460 g/mol. The van der Waals surface area contributed by atoms with Gasteiger partial charge in [-0.25, -0.2) is 4.98 Å². The average molecular weight is 461 g/mol. The van der Waals surface area contributed by atoms with Gasteiger partial charge in [0.25, 0.3) is 0 Å². The minimum Gasteiger partial charge on any atom is -0.301 e. The van der Waals surface area contributed by atoms with Crippen LogP contribution in [0.25, 0.3) is 17.3 Å². The van der Waals surface area contributed by atoms with E-state index >= 15 is 0 Å². The summed E-state index contributed by atoms with van der Waals surface area (Å²) in [6.45, 7) is 11.4. The lowest BCUT2D eigenvalue weighted by Crippen LogP contribution is -2.48. The molecule has 1 saturated heterocycles. The van der Waals surface area contributed by atoms with Gasteiger partial charge in [-0.05, 0) is 37.5 Å². The van der Waals surface area contributed by atoms with Gasteiger partial charge in [0.15, 0.2) is 5.13 Å². The van der Waals surface area contributed by atoms with E-state index in [0.717, 1.165) is 44.0 Å². The highest BCUT2D eigenvalue weighted by molar-refractivity contribution is 7.14. The molecule has 1 aromatic heterocycles. The summed E-state index contributed by atoms with van der Waals surface area (Å²) in [6, 6.07) is 14.7. The Hall–Kier alpha value is -2.80. The molecule has 1 fully saturated rings. The van der Waals surface area contributed by atoms with E-state index in [1.807, 2.05) is 11.4 Å². The van der Waals surface area contributed by atoms with Gasteiger partial charge in [-0.3, -0.25) is 14.6 Å². The highest BCUT2D eigenvalue weighted by atomic mass is 32.1. The zero-order chi connectivity index (χ0) is 23.2. The zero-order valence-corrected chi connectivity index (χ0v) is 20.5. The molecule has 172 valence electrons. The van der Waals surface area contributed by atoms with E-state index in [4.69, 9.17) is 0 Å². The molecule has 1 N–H and O–H groups in total. The highest BCUT2D eigenvalue weighted by Crippen LogP contribution is 2.31. The fraction of sp³-hybridized carbons (Fsp3) is 0.333. The minimum absolute atomic E-state index is 0.00525. The summed E-state index contributed by atoms with van der Waals surface area (Å²) in [4.78, 5) is 21.9. The Morgan fingerprint density at radius 2 is 1.70 bits per heavy atom.